The Kier molecular flexibility index (Phi) is 4.80. The standard InChI is InChI=1S/C13H25N3O/c1-11-12(5-4-6-14-11)13(17)15-7-10-16-8-2-3-9-16/h11-12,14H,2-10H2,1H3,(H,15,17). The van der Waals surface area contributed by atoms with E-state index in [1.165, 1.54) is 25.9 Å². The molecule has 98 valence electrons. The molecule has 2 aliphatic heterocycles. The average Bonchev–Trinajstić information content (AvgIpc) is 2.82. The molecule has 2 aliphatic rings. The second-order valence-corrected chi connectivity index (χ2v) is 5.33. The van der Waals surface area contributed by atoms with E-state index in [0.29, 0.717) is 6.04 Å². The van der Waals surface area contributed by atoms with Crippen LogP contribution in [0.15, 0.2) is 0 Å². The predicted octanol–water partition coefficient (Wildman–Crippen LogP) is 0.587. The Balaban J connectivity index is 1.65. The molecule has 2 unspecified atom stereocenters. The monoisotopic (exact) mass is 239 g/mol. The van der Waals surface area contributed by atoms with Gasteiger partial charge in [-0.2, -0.15) is 0 Å². The second-order valence-electron chi connectivity index (χ2n) is 5.33. The largest absolute Gasteiger partial charge is 0.355 e. The number of rotatable bonds is 4. The summed E-state index contributed by atoms with van der Waals surface area (Å²) in [5.74, 6) is 0.409. The third kappa shape index (κ3) is 3.68. The maximum Gasteiger partial charge on any atom is 0.224 e. The number of nitrogens with one attached hydrogen (secondary N) is 2. The zero-order chi connectivity index (χ0) is 12.1. The van der Waals surface area contributed by atoms with Gasteiger partial charge in [-0.05, 0) is 52.2 Å². The highest BCUT2D eigenvalue weighted by atomic mass is 16.1. The van der Waals surface area contributed by atoms with Crippen molar-refractivity contribution >= 4 is 5.91 Å². The van der Waals surface area contributed by atoms with Gasteiger partial charge in [0.1, 0.15) is 0 Å². The van der Waals surface area contributed by atoms with Gasteiger partial charge in [0.2, 0.25) is 5.91 Å². The Labute approximate surface area is 104 Å². The molecule has 2 heterocycles. The first-order chi connectivity index (χ1) is 8.27. The molecule has 0 bridgehead atoms. The molecule has 0 saturated carbocycles. The van der Waals surface area contributed by atoms with Crippen LogP contribution in [-0.2, 0) is 4.79 Å². The van der Waals surface area contributed by atoms with Crippen molar-refractivity contribution < 1.29 is 4.79 Å². The SMILES string of the molecule is CC1NCCCC1C(=O)NCCN1CCCC1. The molecule has 2 saturated heterocycles. The van der Waals surface area contributed by atoms with Crippen molar-refractivity contribution in [3.8, 4) is 0 Å². The first-order valence-electron chi connectivity index (χ1n) is 7.01. The minimum Gasteiger partial charge on any atom is -0.355 e. The van der Waals surface area contributed by atoms with Crippen molar-refractivity contribution in [3.05, 3.63) is 0 Å². The Morgan fingerprint density at radius 1 is 1.35 bits per heavy atom. The van der Waals surface area contributed by atoms with Gasteiger partial charge in [0, 0.05) is 19.1 Å². The highest BCUT2D eigenvalue weighted by Crippen LogP contribution is 2.16. The number of hydrogen-bond donors (Lipinski definition) is 2. The molecule has 2 atom stereocenters. The van der Waals surface area contributed by atoms with E-state index in [1.807, 2.05) is 0 Å². The summed E-state index contributed by atoms with van der Waals surface area (Å²) in [6.07, 6.45) is 4.79. The van der Waals surface area contributed by atoms with Gasteiger partial charge in [-0.25, -0.2) is 0 Å². The van der Waals surface area contributed by atoms with Crippen LogP contribution in [0.4, 0.5) is 0 Å². The van der Waals surface area contributed by atoms with Crippen LogP contribution in [0.25, 0.3) is 0 Å². The van der Waals surface area contributed by atoms with Crippen molar-refractivity contribution in [2.24, 2.45) is 5.92 Å². The highest BCUT2D eigenvalue weighted by molar-refractivity contribution is 5.79. The van der Waals surface area contributed by atoms with Crippen LogP contribution < -0.4 is 10.6 Å². The number of carbonyl (C=O) groups is 1. The van der Waals surface area contributed by atoms with Gasteiger partial charge < -0.3 is 15.5 Å². The maximum atomic E-state index is 12.0. The molecule has 4 nitrogen and oxygen atoms in total. The third-order valence-corrected chi connectivity index (χ3v) is 4.02. The topological polar surface area (TPSA) is 44.4 Å². The summed E-state index contributed by atoms with van der Waals surface area (Å²) in [5, 5.41) is 6.46. The van der Waals surface area contributed by atoms with Gasteiger partial charge in [-0.1, -0.05) is 0 Å². The minimum atomic E-state index is 0.169. The molecule has 0 radical (unpaired) electrons. The van der Waals surface area contributed by atoms with Crippen LogP contribution in [0.5, 0.6) is 0 Å². The molecule has 2 rings (SSSR count). The van der Waals surface area contributed by atoms with Crippen LogP contribution in [0.3, 0.4) is 0 Å². The molecule has 1 amide bonds. The number of carbonyl (C=O) groups excluding carboxylic acids is 1. The van der Waals surface area contributed by atoms with E-state index in [4.69, 9.17) is 0 Å². The van der Waals surface area contributed by atoms with Crippen molar-refractivity contribution in [1.82, 2.24) is 15.5 Å². The fourth-order valence-electron chi connectivity index (χ4n) is 2.88. The van der Waals surface area contributed by atoms with Gasteiger partial charge in [0.25, 0.3) is 0 Å². The molecule has 2 N–H and O–H groups in total. The Morgan fingerprint density at radius 2 is 2.12 bits per heavy atom. The number of likely N-dealkylation sites (tertiary alicyclic amines) is 1. The van der Waals surface area contributed by atoms with Gasteiger partial charge in [-0.15, -0.1) is 0 Å². The summed E-state index contributed by atoms with van der Waals surface area (Å²) in [7, 11) is 0. The van der Waals surface area contributed by atoms with E-state index >= 15 is 0 Å². The summed E-state index contributed by atoms with van der Waals surface area (Å²) >= 11 is 0. The van der Waals surface area contributed by atoms with Gasteiger partial charge in [0.05, 0.1) is 5.92 Å². The number of hydrogen-bond acceptors (Lipinski definition) is 3. The lowest BCUT2D eigenvalue weighted by Gasteiger charge is -2.29. The Morgan fingerprint density at radius 3 is 2.82 bits per heavy atom. The lowest BCUT2D eigenvalue weighted by atomic mass is 9.91. The van der Waals surface area contributed by atoms with Gasteiger partial charge >= 0.3 is 0 Å². The van der Waals surface area contributed by atoms with Crippen LogP contribution in [-0.4, -0.2) is 49.6 Å². The van der Waals surface area contributed by atoms with Crippen molar-refractivity contribution in [3.63, 3.8) is 0 Å². The third-order valence-electron chi connectivity index (χ3n) is 4.02. The number of nitrogens with zero attached hydrogens (tertiary/aromatic N) is 1. The maximum absolute atomic E-state index is 12.0. The zero-order valence-corrected chi connectivity index (χ0v) is 10.9. The fourth-order valence-corrected chi connectivity index (χ4v) is 2.88. The van der Waals surface area contributed by atoms with Crippen LogP contribution >= 0.6 is 0 Å². The van der Waals surface area contributed by atoms with Crippen LogP contribution in [0, 0.1) is 5.92 Å². The summed E-state index contributed by atoms with van der Waals surface area (Å²) in [6.45, 7) is 7.40. The van der Waals surface area contributed by atoms with E-state index in [0.717, 1.165) is 32.5 Å². The zero-order valence-electron chi connectivity index (χ0n) is 10.9. The number of amides is 1. The highest BCUT2D eigenvalue weighted by Gasteiger charge is 2.27. The second kappa shape index (κ2) is 6.36. The summed E-state index contributed by atoms with van der Waals surface area (Å²) in [4.78, 5) is 14.4. The molecule has 0 aliphatic carbocycles. The first kappa shape index (κ1) is 12.8. The molecular formula is C13H25N3O. The summed E-state index contributed by atoms with van der Waals surface area (Å²) in [5.41, 5.74) is 0. The first-order valence-corrected chi connectivity index (χ1v) is 7.01. The smallest absolute Gasteiger partial charge is 0.224 e. The molecule has 0 aromatic rings. The molecule has 2 fully saturated rings. The van der Waals surface area contributed by atoms with Crippen molar-refractivity contribution in [2.45, 2.75) is 38.6 Å². The molecular weight excluding hydrogens is 214 g/mol. The van der Waals surface area contributed by atoms with E-state index in [1.54, 1.807) is 0 Å². The lowest BCUT2D eigenvalue weighted by molar-refractivity contribution is -0.126. The van der Waals surface area contributed by atoms with Crippen molar-refractivity contribution in [2.75, 3.05) is 32.7 Å². The van der Waals surface area contributed by atoms with E-state index in [2.05, 4.69) is 22.5 Å². The van der Waals surface area contributed by atoms with Gasteiger partial charge in [-0.3, -0.25) is 4.79 Å². The summed E-state index contributed by atoms with van der Waals surface area (Å²) < 4.78 is 0. The fraction of sp³-hybridized carbons (Fsp3) is 0.923. The average molecular weight is 239 g/mol. The van der Waals surface area contributed by atoms with Crippen LogP contribution in [0.1, 0.15) is 32.6 Å². The van der Waals surface area contributed by atoms with E-state index in [9.17, 15) is 4.79 Å². The Hall–Kier alpha value is -0.610. The molecule has 17 heavy (non-hydrogen) atoms. The quantitative estimate of drug-likeness (QED) is 0.754. The molecule has 0 aromatic heterocycles. The number of piperidine rings is 1. The molecule has 0 aromatic carbocycles. The van der Waals surface area contributed by atoms with E-state index in [-0.39, 0.29) is 11.8 Å². The Bertz CT molecular complexity index is 251. The molecule has 4 heteroatoms. The van der Waals surface area contributed by atoms with Gasteiger partial charge in [0.15, 0.2) is 0 Å². The normalized spacial score (nSPS) is 30.4. The summed E-state index contributed by atoms with van der Waals surface area (Å²) in [6, 6.07) is 0.329. The minimum absolute atomic E-state index is 0.169. The van der Waals surface area contributed by atoms with Crippen LogP contribution in [0.2, 0.25) is 0 Å². The molecule has 0 spiro atoms. The van der Waals surface area contributed by atoms with E-state index < -0.39 is 0 Å². The predicted molar refractivity (Wildman–Crippen MR) is 68.9 cm³/mol. The lowest BCUT2D eigenvalue weighted by Crippen LogP contribution is -2.47. The van der Waals surface area contributed by atoms with Crippen molar-refractivity contribution in [1.29, 1.82) is 0 Å².